The van der Waals surface area contributed by atoms with Crippen LogP contribution in [0.4, 0.5) is 10.6 Å². The predicted molar refractivity (Wildman–Crippen MR) is 92.5 cm³/mol. The van der Waals surface area contributed by atoms with Gasteiger partial charge in [-0.3, -0.25) is 5.32 Å². The largest absolute Gasteiger partial charge is 0.348 e. The van der Waals surface area contributed by atoms with Crippen LogP contribution in [0.25, 0.3) is 5.69 Å². The van der Waals surface area contributed by atoms with Crippen molar-refractivity contribution < 1.29 is 14.3 Å². The summed E-state index contributed by atoms with van der Waals surface area (Å²) in [5.41, 5.74) is 0.828. The average molecular weight is 345 g/mol. The normalized spacial score (nSPS) is 17.2. The van der Waals surface area contributed by atoms with Crippen LogP contribution in [0.5, 0.6) is 0 Å². The first kappa shape index (κ1) is 17.4. The third-order valence-electron chi connectivity index (χ3n) is 3.95. The molecule has 8 heteroatoms. The molecule has 134 valence electrons. The van der Waals surface area contributed by atoms with Crippen LogP contribution in [0, 0.1) is 5.92 Å². The van der Waals surface area contributed by atoms with Crippen LogP contribution < -0.4 is 10.6 Å². The number of amides is 2. The summed E-state index contributed by atoms with van der Waals surface area (Å²) in [6.07, 6.45) is 2.23. The molecule has 2 aromatic rings. The number of hydrogen-bond donors (Lipinski definition) is 2. The minimum atomic E-state index is -0.546. The zero-order valence-electron chi connectivity index (χ0n) is 14.4. The standard InChI is InChI=1S/C17H23N5O3/c1-13(10-17(2)24-8-9-25-17)11-18-16(23)20-15-12-19-22(21-15)14-6-4-3-5-7-14/h3-7,12-13H,8-11H2,1-2H3,(H2,18,20,21,23)/t13-/m0/s1. The minimum Gasteiger partial charge on any atom is -0.348 e. The molecule has 1 atom stereocenters. The number of anilines is 1. The number of para-hydroxylation sites is 1. The highest BCUT2D eigenvalue weighted by Crippen LogP contribution is 2.26. The molecule has 0 saturated carbocycles. The monoisotopic (exact) mass is 345 g/mol. The lowest BCUT2D eigenvalue weighted by Gasteiger charge is -2.25. The highest BCUT2D eigenvalue weighted by Gasteiger charge is 2.32. The molecule has 0 aliphatic carbocycles. The Morgan fingerprint density at radius 1 is 1.32 bits per heavy atom. The molecule has 0 spiro atoms. The second-order valence-corrected chi connectivity index (χ2v) is 6.33. The first-order valence-corrected chi connectivity index (χ1v) is 8.35. The zero-order valence-corrected chi connectivity index (χ0v) is 14.4. The molecule has 1 aromatic carbocycles. The number of nitrogens with one attached hydrogen (secondary N) is 2. The first-order chi connectivity index (χ1) is 12.0. The van der Waals surface area contributed by atoms with Crippen LogP contribution in [-0.4, -0.2) is 46.6 Å². The molecule has 0 bridgehead atoms. The van der Waals surface area contributed by atoms with Crippen molar-refractivity contribution >= 4 is 11.8 Å². The fourth-order valence-electron chi connectivity index (χ4n) is 2.81. The molecule has 0 unspecified atom stereocenters. The Kier molecular flexibility index (Phi) is 5.30. The van der Waals surface area contributed by atoms with Gasteiger partial charge in [-0.05, 0) is 25.0 Å². The van der Waals surface area contributed by atoms with E-state index in [0.717, 1.165) is 12.1 Å². The summed E-state index contributed by atoms with van der Waals surface area (Å²) in [7, 11) is 0. The van der Waals surface area contributed by atoms with Gasteiger partial charge in [0.15, 0.2) is 11.6 Å². The summed E-state index contributed by atoms with van der Waals surface area (Å²) in [5, 5.41) is 13.9. The molecular formula is C17H23N5O3. The maximum Gasteiger partial charge on any atom is 0.320 e. The van der Waals surface area contributed by atoms with E-state index in [0.29, 0.717) is 25.6 Å². The van der Waals surface area contributed by atoms with Crippen molar-refractivity contribution in [2.24, 2.45) is 5.92 Å². The van der Waals surface area contributed by atoms with Crippen LogP contribution in [0.1, 0.15) is 20.3 Å². The maximum absolute atomic E-state index is 12.0. The fourth-order valence-corrected chi connectivity index (χ4v) is 2.81. The van der Waals surface area contributed by atoms with Gasteiger partial charge in [0.2, 0.25) is 0 Å². The maximum atomic E-state index is 12.0. The summed E-state index contributed by atoms with van der Waals surface area (Å²) < 4.78 is 11.2. The molecule has 2 N–H and O–H groups in total. The number of aromatic nitrogens is 3. The van der Waals surface area contributed by atoms with Gasteiger partial charge < -0.3 is 14.8 Å². The number of nitrogens with zero attached hydrogens (tertiary/aromatic N) is 3. The molecule has 1 fully saturated rings. The summed E-state index contributed by atoms with van der Waals surface area (Å²) in [6, 6.07) is 9.18. The SMILES string of the molecule is C[C@H](CNC(=O)Nc1cnn(-c2ccccc2)n1)CC1(C)OCCO1. The van der Waals surface area contributed by atoms with Crippen molar-refractivity contribution in [1.82, 2.24) is 20.3 Å². The van der Waals surface area contributed by atoms with Crippen LogP contribution >= 0.6 is 0 Å². The smallest absolute Gasteiger partial charge is 0.320 e. The summed E-state index contributed by atoms with van der Waals surface area (Å²) in [4.78, 5) is 13.5. The number of carbonyl (C=O) groups is 1. The van der Waals surface area contributed by atoms with E-state index in [4.69, 9.17) is 9.47 Å². The van der Waals surface area contributed by atoms with Crippen molar-refractivity contribution in [1.29, 1.82) is 0 Å². The Hall–Kier alpha value is -2.45. The number of hydrogen-bond acceptors (Lipinski definition) is 5. The third kappa shape index (κ3) is 4.77. The van der Waals surface area contributed by atoms with Crippen molar-refractivity contribution in [2.45, 2.75) is 26.1 Å². The molecule has 2 heterocycles. The van der Waals surface area contributed by atoms with E-state index >= 15 is 0 Å². The highest BCUT2D eigenvalue weighted by atomic mass is 16.7. The van der Waals surface area contributed by atoms with Crippen LogP contribution in [0.2, 0.25) is 0 Å². The Balaban J connectivity index is 1.46. The van der Waals surface area contributed by atoms with Crippen molar-refractivity contribution in [2.75, 3.05) is 25.1 Å². The van der Waals surface area contributed by atoms with Crippen LogP contribution in [-0.2, 0) is 9.47 Å². The van der Waals surface area contributed by atoms with Crippen molar-refractivity contribution in [3.8, 4) is 5.69 Å². The van der Waals surface area contributed by atoms with Gasteiger partial charge in [-0.1, -0.05) is 25.1 Å². The number of urea groups is 1. The van der Waals surface area contributed by atoms with Gasteiger partial charge in [-0.15, -0.1) is 9.90 Å². The number of carbonyl (C=O) groups excluding carboxylic acids is 1. The Bertz CT molecular complexity index is 697. The highest BCUT2D eigenvalue weighted by molar-refractivity contribution is 5.87. The molecule has 25 heavy (non-hydrogen) atoms. The van der Waals surface area contributed by atoms with Gasteiger partial charge in [0.1, 0.15) is 0 Å². The number of ether oxygens (including phenoxy) is 2. The van der Waals surface area contributed by atoms with Gasteiger partial charge in [-0.25, -0.2) is 4.79 Å². The summed E-state index contributed by atoms with van der Waals surface area (Å²) in [5.74, 6) is 0.0629. The van der Waals surface area contributed by atoms with Crippen molar-refractivity contribution in [3.63, 3.8) is 0 Å². The Labute approximate surface area is 146 Å². The van der Waals surface area contributed by atoms with Gasteiger partial charge >= 0.3 is 6.03 Å². The molecule has 2 amide bonds. The lowest BCUT2D eigenvalue weighted by Crippen LogP contribution is -2.36. The third-order valence-corrected chi connectivity index (χ3v) is 3.95. The van der Waals surface area contributed by atoms with E-state index in [2.05, 4.69) is 20.8 Å². The van der Waals surface area contributed by atoms with E-state index in [1.165, 1.54) is 11.0 Å². The second-order valence-electron chi connectivity index (χ2n) is 6.33. The topological polar surface area (TPSA) is 90.3 Å². The van der Waals surface area contributed by atoms with E-state index in [1.807, 2.05) is 44.2 Å². The summed E-state index contributed by atoms with van der Waals surface area (Å²) in [6.45, 7) is 5.73. The fraction of sp³-hybridized carbons (Fsp3) is 0.471. The minimum absolute atomic E-state index is 0.217. The predicted octanol–water partition coefficient (Wildman–Crippen LogP) is 2.18. The summed E-state index contributed by atoms with van der Waals surface area (Å²) >= 11 is 0. The average Bonchev–Trinajstić information content (AvgIpc) is 3.23. The van der Waals surface area contributed by atoms with E-state index in [-0.39, 0.29) is 11.9 Å². The van der Waals surface area contributed by atoms with Gasteiger partial charge in [0.05, 0.1) is 25.1 Å². The van der Waals surface area contributed by atoms with Gasteiger partial charge in [-0.2, -0.15) is 5.10 Å². The Morgan fingerprint density at radius 3 is 2.76 bits per heavy atom. The Morgan fingerprint density at radius 2 is 2.04 bits per heavy atom. The molecular weight excluding hydrogens is 322 g/mol. The quantitative estimate of drug-likeness (QED) is 0.837. The molecule has 1 aromatic heterocycles. The molecule has 3 rings (SSSR count). The lowest BCUT2D eigenvalue weighted by molar-refractivity contribution is -0.153. The molecule has 8 nitrogen and oxygen atoms in total. The van der Waals surface area contributed by atoms with Gasteiger partial charge in [0, 0.05) is 13.0 Å². The molecule has 1 saturated heterocycles. The first-order valence-electron chi connectivity index (χ1n) is 8.35. The molecule has 0 radical (unpaired) electrons. The van der Waals surface area contributed by atoms with E-state index in [1.54, 1.807) is 0 Å². The molecule has 1 aliphatic heterocycles. The van der Waals surface area contributed by atoms with E-state index < -0.39 is 5.79 Å². The van der Waals surface area contributed by atoms with Crippen LogP contribution in [0.3, 0.4) is 0 Å². The molecule has 1 aliphatic rings. The number of rotatable bonds is 6. The zero-order chi connectivity index (χ0) is 17.7. The van der Waals surface area contributed by atoms with Crippen LogP contribution in [0.15, 0.2) is 36.5 Å². The second kappa shape index (κ2) is 7.62. The van der Waals surface area contributed by atoms with Crippen molar-refractivity contribution in [3.05, 3.63) is 36.5 Å². The lowest BCUT2D eigenvalue weighted by atomic mass is 10.0. The van der Waals surface area contributed by atoms with Gasteiger partial charge in [0.25, 0.3) is 0 Å². The van der Waals surface area contributed by atoms with E-state index in [9.17, 15) is 4.79 Å². The number of benzene rings is 1.